The Bertz CT molecular complexity index is 1590. The van der Waals surface area contributed by atoms with E-state index in [-0.39, 0.29) is 5.41 Å². The third-order valence-electron chi connectivity index (χ3n) is 5.79. The molecule has 2 aromatic carbocycles. The second-order valence-corrected chi connectivity index (χ2v) is 11.1. The number of hydrogen-bond donors (Lipinski definition) is 0. The van der Waals surface area contributed by atoms with Crippen molar-refractivity contribution in [3.63, 3.8) is 0 Å². The molecule has 0 saturated carbocycles. The van der Waals surface area contributed by atoms with Gasteiger partial charge in [0.15, 0.2) is 5.58 Å². The Morgan fingerprint density at radius 1 is 0.933 bits per heavy atom. The van der Waals surface area contributed by atoms with E-state index in [1.54, 1.807) is 11.3 Å². The number of benzene rings is 2. The summed E-state index contributed by atoms with van der Waals surface area (Å²) in [5.74, 6) is 0. The highest BCUT2D eigenvalue weighted by Gasteiger charge is 2.22. The number of pyridine rings is 1. The zero-order valence-corrected chi connectivity index (χ0v) is 19.0. The molecule has 30 heavy (non-hydrogen) atoms. The average molecular weight is 428 g/mol. The van der Waals surface area contributed by atoms with E-state index in [0.29, 0.717) is 0 Å². The molecule has 0 unspecified atom stereocenters. The van der Waals surface area contributed by atoms with Crippen molar-refractivity contribution in [3.05, 3.63) is 64.5 Å². The molecule has 2 nitrogen and oxygen atoms in total. The minimum Gasteiger partial charge on any atom is -0.454 e. The largest absolute Gasteiger partial charge is 0.454 e. The predicted molar refractivity (Wildman–Crippen MR) is 131 cm³/mol. The first-order valence-corrected chi connectivity index (χ1v) is 11.8. The third-order valence-corrected chi connectivity index (χ3v) is 7.82. The molecule has 0 atom stereocenters. The Morgan fingerprint density at radius 2 is 1.77 bits per heavy atom. The second kappa shape index (κ2) is 6.16. The summed E-state index contributed by atoms with van der Waals surface area (Å²) in [4.78, 5) is 6.15. The van der Waals surface area contributed by atoms with Crippen LogP contribution in [0.1, 0.15) is 31.2 Å². The highest BCUT2D eigenvalue weighted by atomic mass is 32.1. The van der Waals surface area contributed by atoms with Crippen LogP contribution in [0.2, 0.25) is 0 Å². The standard InChI is InChI=1S/C26H21NOS2/c1-14-11-15-5-6-18-21-20(28-23(18)25(15)30-14)7-9-27-22(21)17-12-16-8-10-29-24(16)19(13-17)26(2,3)4/h5-13H,1-4H3. The van der Waals surface area contributed by atoms with Gasteiger partial charge in [-0.2, -0.15) is 0 Å². The maximum atomic E-state index is 6.38. The van der Waals surface area contributed by atoms with Crippen LogP contribution in [-0.2, 0) is 5.41 Å². The van der Waals surface area contributed by atoms with Gasteiger partial charge < -0.3 is 4.42 Å². The molecule has 4 heterocycles. The molecule has 0 spiro atoms. The lowest BCUT2D eigenvalue weighted by Crippen LogP contribution is -2.11. The van der Waals surface area contributed by atoms with Gasteiger partial charge in [-0.1, -0.05) is 26.8 Å². The molecule has 6 aromatic rings. The summed E-state index contributed by atoms with van der Waals surface area (Å²) < 4.78 is 8.97. The Labute approximate surface area is 182 Å². The average Bonchev–Trinajstić information content (AvgIpc) is 3.40. The number of rotatable bonds is 1. The fourth-order valence-corrected chi connectivity index (χ4v) is 6.50. The number of hydrogen-bond acceptors (Lipinski definition) is 4. The maximum Gasteiger partial charge on any atom is 0.153 e. The zero-order valence-electron chi connectivity index (χ0n) is 17.4. The van der Waals surface area contributed by atoms with Gasteiger partial charge in [0.2, 0.25) is 0 Å². The summed E-state index contributed by atoms with van der Waals surface area (Å²) in [6.45, 7) is 8.99. The van der Waals surface area contributed by atoms with Crippen molar-refractivity contribution < 1.29 is 4.42 Å². The van der Waals surface area contributed by atoms with Crippen molar-refractivity contribution in [1.82, 2.24) is 4.98 Å². The van der Waals surface area contributed by atoms with E-state index < -0.39 is 0 Å². The zero-order chi connectivity index (χ0) is 20.6. The molecule has 0 radical (unpaired) electrons. The fourth-order valence-electron chi connectivity index (χ4n) is 4.40. The molecule has 0 amide bonds. The van der Waals surface area contributed by atoms with Gasteiger partial charge in [0.25, 0.3) is 0 Å². The number of thiophene rings is 2. The lowest BCUT2D eigenvalue weighted by atomic mass is 9.85. The smallest absolute Gasteiger partial charge is 0.153 e. The molecule has 148 valence electrons. The van der Waals surface area contributed by atoms with Crippen molar-refractivity contribution in [1.29, 1.82) is 0 Å². The van der Waals surface area contributed by atoms with Gasteiger partial charge in [0, 0.05) is 26.7 Å². The molecule has 4 heteroatoms. The molecule has 0 aliphatic rings. The Morgan fingerprint density at radius 3 is 2.60 bits per heavy atom. The van der Waals surface area contributed by atoms with E-state index in [1.165, 1.54) is 30.6 Å². The molecule has 0 aliphatic carbocycles. The Balaban J connectivity index is 1.72. The van der Waals surface area contributed by atoms with Crippen molar-refractivity contribution in [2.24, 2.45) is 0 Å². The van der Waals surface area contributed by atoms with Crippen LogP contribution in [0.15, 0.2) is 58.5 Å². The van der Waals surface area contributed by atoms with Crippen LogP contribution >= 0.6 is 22.7 Å². The topological polar surface area (TPSA) is 26.0 Å². The lowest BCUT2D eigenvalue weighted by molar-refractivity contribution is 0.597. The van der Waals surface area contributed by atoms with Gasteiger partial charge in [-0.05, 0) is 70.5 Å². The quantitative estimate of drug-likeness (QED) is 0.262. The van der Waals surface area contributed by atoms with Gasteiger partial charge in [-0.25, -0.2) is 0 Å². The van der Waals surface area contributed by atoms with Crippen LogP contribution in [0.3, 0.4) is 0 Å². The maximum absolute atomic E-state index is 6.38. The fraction of sp³-hybridized carbons (Fsp3) is 0.192. The number of aryl methyl sites for hydroxylation is 1. The van der Waals surface area contributed by atoms with Crippen LogP contribution in [-0.4, -0.2) is 4.98 Å². The first-order chi connectivity index (χ1) is 14.4. The van der Waals surface area contributed by atoms with Crippen LogP contribution in [0.25, 0.3) is 53.4 Å². The van der Waals surface area contributed by atoms with Crippen molar-refractivity contribution in [2.75, 3.05) is 0 Å². The minimum absolute atomic E-state index is 0.0616. The second-order valence-electron chi connectivity index (χ2n) is 8.97. The minimum atomic E-state index is 0.0616. The summed E-state index contributed by atoms with van der Waals surface area (Å²) in [7, 11) is 0. The highest BCUT2D eigenvalue weighted by Crippen LogP contribution is 2.43. The van der Waals surface area contributed by atoms with Crippen LogP contribution in [0, 0.1) is 6.92 Å². The molecular weight excluding hydrogens is 406 g/mol. The molecule has 0 saturated heterocycles. The number of fused-ring (bicyclic) bond motifs is 6. The predicted octanol–water partition coefficient (Wildman–Crippen LogP) is 8.68. The SMILES string of the molecule is Cc1cc2ccc3c(oc4ccnc(-c5cc(C(C)(C)C)c6sccc6c5)c43)c2s1. The molecule has 6 rings (SSSR count). The Hall–Kier alpha value is -2.69. The lowest BCUT2D eigenvalue weighted by Gasteiger charge is -2.21. The van der Waals surface area contributed by atoms with E-state index in [1.807, 2.05) is 23.6 Å². The number of aromatic nitrogens is 1. The highest BCUT2D eigenvalue weighted by molar-refractivity contribution is 7.20. The Kier molecular flexibility index (Phi) is 3.72. The summed E-state index contributed by atoms with van der Waals surface area (Å²) in [5, 5.41) is 6.96. The van der Waals surface area contributed by atoms with Crippen LogP contribution in [0.5, 0.6) is 0 Å². The normalized spacial score (nSPS) is 12.7. The molecule has 0 fully saturated rings. The first kappa shape index (κ1) is 18.1. The monoisotopic (exact) mass is 427 g/mol. The molecular formula is C26H21NOS2. The van der Waals surface area contributed by atoms with Crippen LogP contribution in [0.4, 0.5) is 0 Å². The molecule has 4 aromatic heterocycles. The van der Waals surface area contributed by atoms with Gasteiger partial charge in [-0.3, -0.25) is 4.98 Å². The van der Waals surface area contributed by atoms with Gasteiger partial charge >= 0.3 is 0 Å². The van der Waals surface area contributed by atoms with E-state index in [9.17, 15) is 0 Å². The van der Waals surface area contributed by atoms with E-state index >= 15 is 0 Å². The molecule has 0 bridgehead atoms. The van der Waals surface area contributed by atoms with Gasteiger partial charge in [0.05, 0.1) is 15.8 Å². The summed E-state index contributed by atoms with van der Waals surface area (Å²) >= 11 is 3.61. The third kappa shape index (κ3) is 2.57. The van der Waals surface area contributed by atoms with E-state index in [4.69, 9.17) is 9.40 Å². The van der Waals surface area contributed by atoms with Crippen molar-refractivity contribution >= 4 is 64.8 Å². The summed E-state index contributed by atoms with van der Waals surface area (Å²) in [6.07, 6.45) is 1.87. The van der Waals surface area contributed by atoms with Gasteiger partial charge in [0.1, 0.15) is 5.58 Å². The number of furan rings is 1. The number of nitrogens with zero attached hydrogens (tertiary/aromatic N) is 1. The molecule has 0 N–H and O–H groups in total. The van der Waals surface area contributed by atoms with Crippen molar-refractivity contribution in [2.45, 2.75) is 33.1 Å². The van der Waals surface area contributed by atoms with Crippen LogP contribution < -0.4 is 0 Å². The first-order valence-electron chi connectivity index (χ1n) is 10.1. The summed E-state index contributed by atoms with van der Waals surface area (Å²) in [6, 6.07) is 15.4. The van der Waals surface area contributed by atoms with Crippen molar-refractivity contribution in [3.8, 4) is 11.3 Å². The van der Waals surface area contributed by atoms with E-state index in [0.717, 1.165) is 33.2 Å². The van der Waals surface area contributed by atoms with Gasteiger partial charge in [-0.15, -0.1) is 22.7 Å². The van der Waals surface area contributed by atoms with E-state index in [2.05, 4.69) is 69.5 Å². The molecule has 0 aliphatic heterocycles. The summed E-state index contributed by atoms with van der Waals surface area (Å²) in [5.41, 5.74) is 5.46.